The first-order valence-electron chi connectivity index (χ1n) is 9.50. The summed E-state index contributed by atoms with van der Waals surface area (Å²) in [6.45, 7) is 0. The molecule has 0 radical (unpaired) electrons. The van der Waals surface area contributed by atoms with Crippen LogP contribution in [0.2, 0.25) is 5.02 Å². The molecule has 1 atom stereocenters. The van der Waals surface area contributed by atoms with Gasteiger partial charge in [0.15, 0.2) is 10.6 Å². The van der Waals surface area contributed by atoms with Crippen molar-refractivity contribution in [3.05, 3.63) is 102 Å². The van der Waals surface area contributed by atoms with Crippen molar-refractivity contribution in [3.63, 3.8) is 0 Å². The number of hydrogen-bond donors (Lipinski definition) is 0. The van der Waals surface area contributed by atoms with Crippen LogP contribution in [-0.2, 0) is 4.79 Å². The maximum absolute atomic E-state index is 13.4. The van der Waals surface area contributed by atoms with E-state index in [1.807, 2.05) is 48.5 Å². The zero-order chi connectivity index (χ0) is 20.0. The van der Waals surface area contributed by atoms with E-state index in [0.717, 1.165) is 29.7 Å². The van der Waals surface area contributed by atoms with Crippen molar-refractivity contribution in [3.8, 4) is 0 Å². The Morgan fingerprint density at radius 2 is 1.79 bits per heavy atom. The van der Waals surface area contributed by atoms with Gasteiger partial charge in [0.25, 0.3) is 5.56 Å². The van der Waals surface area contributed by atoms with E-state index < -0.39 is 6.04 Å². The number of hydrogen-bond acceptors (Lipinski definition) is 4. The maximum Gasteiger partial charge on any atom is 0.271 e. The smallest absolute Gasteiger partial charge is 0.271 e. The maximum atomic E-state index is 13.4. The molecule has 29 heavy (non-hydrogen) atoms. The fourth-order valence-electron chi connectivity index (χ4n) is 3.97. The van der Waals surface area contributed by atoms with Crippen molar-refractivity contribution in [1.82, 2.24) is 4.57 Å². The van der Waals surface area contributed by atoms with E-state index in [4.69, 9.17) is 16.6 Å². The minimum Gasteiger partial charge on any atom is -0.294 e. The lowest BCUT2D eigenvalue weighted by Crippen LogP contribution is -2.40. The Kier molecular flexibility index (Phi) is 4.57. The molecule has 2 aromatic carbocycles. The Morgan fingerprint density at radius 3 is 2.55 bits per heavy atom. The largest absolute Gasteiger partial charge is 0.294 e. The van der Waals surface area contributed by atoms with Gasteiger partial charge in [0, 0.05) is 17.0 Å². The average Bonchev–Trinajstić information content (AvgIpc) is 3.04. The van der Waals surface area contributed by atoms with Crippen LogP contribution in [0.25, 0.3) is 6.08 Å². The summed E-state index contributed by atoms with van der Waals surface area (Å²) in [7, 11) is 0. The van der Waals surface area contributed by atoms with Gasteiger partial charge in [-0.05, 0) is 42.2 Å². The topological polar surface area (TPSA) is 51.4 Å². The first kappa shape index (κ1) is 18.3. The van der Waals surface area contributed by atoms with E-state index in [0.29, 0.717) is 26.4 Å². The van der Waals surface area contributed by atoms with Gasteiger partial charge < -0.3 is 0 Å². The van der Waals surface area contributed by atoms with E-state index in [9.17, 15) is 9.59 Å². The Balaban J connectivity index is 1.76. The van der Waals surface area contributed by atoms with Crippen molar-refractivity contribution >= 4 is 34.8 Å². The molecule has 1 aliphatic carbocycles. The van der Waals surface area contributed by atoms with Crippen molar-refractivity contribution < 1.29 is 4.79 Å². The first-order chi connectivity index (χ1) is 14.1. The molecular formula is C23H17ClN2O2S. The highest BCUT2D eigenvalue weighted by Crippen LogP contribution is 2.35. The number of benzene rings is 2. The minimum atomic E-state index is -0.414. The van der Waals surface area contributed by atoms with E-state index in [1.165, 1.54) is 11.3 Å². The number of aromatic nitrogens is 1. The van der Waals surface area contributed by atoms with Crippen molar-refractivity contribution in [2.24, 2.45) is 4.99 Å². The van der Waals surface area contributed by atoms with Crippen LogP contribution in [0.4, 0.5) is 0 Å². The zero-order valence-electron chi connectivity index (χ0n) is 15.5. The van der Waals surface area contributed by atoms with E-state index in [1.54, 1.807) is 16.7 Å². The van der Waals surface area contributed by atoms with E-state index >= 15 is 0 Å². The predicted octanol–water partition coefficient (Wildman–Crippen LogP) is 3.62. The third-order valence-corrected chi connectivity index (χ3v) is 6.55. The zero-order valence-corrected chi connectivity index (χ0v) is 17.0. The lowest BCUT2D eigenvalue weighted by Gasteiger charge is -2.28. The summed E-state index contributed by atoms with van der Waals surface area (Å²) < 4.78 is 2.28. The van der Waals surface area contributed by atoms with Crippen LogP contribution >= 0.6 is 22.9 Å². The van der Waals surface area contributed by atoms with Gasteiger partial charge in [-0.3, -0.25) is 14.2 Å². The fourth-order valence-corrected chi connectivity index (χ4v) is 5.12. The Hall–Kier alpha value is -2.76. The molecule has 2 heterocycles. The van der Waals surface area contributed by atoms with Gasteiger partial charge >= 0.3 is 0 Å². The van der Waals surface area contributed by atoms with Gasteiger partial charge in [-0.15, -0.1) is 0 Å². The molecule has 5 rings (SSSR count). The molecule has 0 amide bonds. The molecule has 0 saturated carbocycles. The molecule has 6 heteroatoms. The highest BCUT2D eigenvalue weighted by atomic mass is 35.5. The molecule has 0 bridgehead atoms. The van der Waals surface area contributed by atoms with Gasteiger partial charge in [0.1, 0.15) is 0 Å². The number of Topliss-reactive ketones (excluding diaryl/α,β-unsaturated/α-hetero) is 1. The Bertz CT molecular complexity index is 1320. The van der Waals surface area contributed by atoms with Crippen molar-refractivity contribution in [2.45, 2.75) is 25.3 Å². The second-order valence-electron chi connectivity index (χ2n) is 7.18. The SMILES string of the molecule is O=C1CCCC2=C1C(c1ccccc1)n1c(sc(=Cc3ccc(Cl)cc3)c1=O)=N2. The molecular weight excluding hydrogens is 404 g/mol. The molecule has 1 aromatic heterocycles. The first-order valence-corrected chi connectivity index (χ1v) is 10.7. The highest BCUT2D eigenvalue weighted by molar-refractivity contribution is 7.07. The highest BCUT2D eigenvalue weighted by Gasteiger charge is 2.34. The van der Waals surface area contributed by atoms with Crippen LogP contribution in [0, 0.1) is 0 Å². The average molecular weight is 421 g/mol. The summed E-state index contributed by atoms with van der Waals surface area (Å²) in [6, 6.07) is 16.7. The van der Waals surface area contributed by atoms with Crippen LogP contribution in [0.15, 0.2) is 75.7 Å². The van der Waals surface area contributed by atoms with Crippen LogP contribution in [0.3, 0.4) is 0 Å². The molecule has 144 valence electrons. The third-order valence-electron chi connectivity index (χ3n) is 5.31. The lowest BCUT2D eigenvalue weighted by atomic mass is 9.86. The molecule has 0 fully saturated rings. The number of allylic oxidation sites excluding steroid dienone is 2. The number of rotatable bonds is 2. The molecule has 3 aromatic rings. The standard InChI is InChI=1S/C23H17ClN2O2S/c24-16-11-9-14(10-12-16)13-19-22(28)26-21(15-5-2-1-3-6-15)20-17(25-23(26)29-19)7-4-8-18(20)27/h1-3,5-6,9-13,21H,4,7-8H2. The summed E-state index contributed by atoms with van der Waals surface area (Å²) in [5, 5.41) is 0.652. The summed E-state index contributed by atoms with van der Waals surface area (Å²) in [4.78, 5) is 31.6. The summed E-state index contributed by atoms with van der Waals surface area (Å²) in [5.74, 6) is 0.0934. The van der Waals surface area contributed by atoms with E-state index in [-0.39, 0.29) is 11.3 Å². The number of halogens is 1. The van der Waals surface area contributed by atoms with Gasteiger partial charge in [-0.2, -0.15) is 0 Å². The van der Waals surface area contributed by atoms with Gasteiger partial charge in [0.2, 0.25) is 0 Å². The molecule has 4 nitrogen and oxygen atoms in total. The van der Waals surface area contributed by atoms with Gasteiger partial charge in [-0.25, -0.2) is 4.99 Å². The van der Waals surface area contributed by atoms with Crippen LogP contribution in [0.1, 0.15) is 36.4 Å². The Morgan fingerprint density at radius 1 is 1.03 bits per heavy atom. The molecule has 0 spiro atoms. The van der Waals surface area contributed by atoms with Crippen LogP contribution in [0.5, 0.6) is 0 Å². The van der Waals surface area contributed by atoms with Crippen molar-refractivity contribution in [2.75, 3.05) is 0 Å². The number of carbonyl (C=O) groups excluding carboxylic acids is 1. The molecule has 0 saturated heterocycles. The molecule has 1 aliphatic heterocycles. The summed E-state index contributed by atoms with van der Waals surface area (Å²) in [6.07, 6.45) is 3.94. The minimum absolute atomic E-state index is 0.0934. The quantitative estimate of drug-likeness (QED) is 0.635. The number of carbonyl (C=O) groups is 1. The fraction of sp³-hybridized carbons (Fsp3) is 0.174. The second-order valence-corrected chi connectivity index (χ2v) is 8.63. The number of thiazole rings is 1. The number of ketones is 1. The Labute approximate surface area is 176 Å². The monoisotopic (exact) mass is 420 g/mol. The number of nitrogens with zero attached hydrogens (tertiary/aromatic N) is 2. The van der Waals surface area contributed by atoms with Crippen molar-refractivity contribution in [1.29, 1.82) is 0 Å². The molecule has 0 N–H and O–H groups in total. The van der Waals surface area contributed by atoms with Gasteiger partial charge in [-0.1, -0.05) is 65.4 Å². The number of fused-ring (bicyclic) bond motifs is 1. The van der Waals surface area contributed by atoms with Gasteiger partial charge in [0.05, 0.1) is 16.3 Å². The summed E-state index contributed by atoms with van der Waals surface area (Å²) >= 11 is 7.34. The predicted molar refractivity (Wildman–Crippen MR) is 115 cm³/mol. The summed E-state index contributed by atoms with van der Waals surface area (Å²) in [5.41, 5.74) is 3.21. The normalized spacial score (nSPS) is 19.0. The van der Waals surface area contributed by atoms with Crippen LogP contribution < -0.4 is 14.9 Å². The van der Waals surface area contributed by atoms with E-state index in [2.05, 4.69) is 0 Å². The lowest BCUT2D eigenvalue weighted by molar-refractivity contribution is -0.116. The molecule has 1 unspecified atom stereocenters. The molecule has 2 aliphatic rings. The van der Waals surface area contributed by atoms with Crippen LogP contribution in [-0.4, -0.2) is 10.4 Å². The third kappa shape index (κ3) is 3.20. The second kappa shape index (κ2) is 7.25.